The Bertz CT molecular complexity index is 852. The predicted octanol–water partition coefficient (Wildman–Crippen LogP) is 3.12. The van der Waals surface area contributed by atoms with E-state index in [1.165, 1.54) is 13.0 Å². The molecule has 0 radical (unpaired) electrons. The molecule has 0 atom stereocenters. The van der Waals surface area contributed by atoms with E-state index in [1.54, 1.807) is 18.5 Å². The van der Waals surface area contributed by atoms with Crippen LogP contribution < -0.4 is 4.90 Å². The minimum absolute atomic E-state index is 0.127. The van der Waals surface area contributed by atoms with Crippen molar-refractivity contribution in [1.29, 1.82) is 0 Å². The molecule has 2 heterocycles. The average molecular weight is 377 g/mol. The molecule has 0 spiro atoms. The maximum absolute atomic E-state index is 14.3. The molecule has 0 unspecified atom stereocenters. The molecular weight excluding hydrogens is 353 g/mol. The molecule has 0 saturated carbocycles. The molecule has 3 rings (SSSR count). The van der Waals surface area contributed by atoms with E-state index in [0.29, 0.717) is 35.8 Å². The Labute approximate surface area is 157 Å². The number of hydrogen-bond acceptors (Lipinski definition) is 5. The quantitative estimate of drug-likeness (QED) is 0.592. The molecule has 0 amide bonds. The van der Waals surface area contributed by atoms with Gasteiger partial charge in [-0.3, -0.25) is 9.69 Å². The topological polar surface area (TPSA) is 46.3 Å². The lowest BCUT2D eigenvalue weighted by Gasteiger charge is -2.36. The first-order valence-electron chi connectivity index (χ1n) is 8.78. The number of hydrogen-bond donors (Lipinski definition) is 0. The largest absolute Gasteiger partial charge is 0.367 e. The van der Waals surface area contributed by atoms with Crippen LogP contribution in [0.15, 0.2) is 24.5 Å². The van der Waals surface area contributed by atoms with Crippen LogP contribution in [0.2, 0.25) is 0 Å². The summed E-state index contributed by atoms with van der Waals surface area (Å²) in [5.41, 5.74) is 0.954. The monoisotopic (exact) mass is 377 g/mol. The summed E-state index contributed by atoms with van der Waals surface area (Å²) in [7, 11) is 0. The molecule has 1 aromatic carbocycles. The number of piperazine rings is 1. The van der Waals surface area contributed by atoms with Crippen LogP contribution in [-0.4, -0.2) is 51.2 Å². The molecule has 6 nitrogen and oxygen atoms in total. The highest BCUT2D eigenvalue weighted by molar-refractivity contribution is 7.71. The summed E-state index contributed by atoms with van der Waals surface area (Å²) < 4.78 is 18.8. The van der Waals surface area contributed by atoms with Crippen LogP contribution in [0.1, 0.15) is 37.2 Å². The second kappa shape index (κ2) is 7.67. The zero-order valence-corrected chi connectivity index (χ0v) is 16.2. The Morgan fingerprint density at radius 3 is 2.50 bits per heavy atom. The van der Waals surface area contributed by atoms with Gasteiger partial charge in [-0.15, -0.1) is 0 Å². The second-order valence-electron chi connectivity index (χ2n) is 6.88. The molecule has 140 valence electrons. The summed E-state index contributed by atoms with van der Waals surface area (Å²) in [5, 5.41) is 4.38. The van der Waals surface area contributed by atoms with Crippen LogP contribution in [0.25, 0.3) is 0 Å². The van der Waals surface area contributed by atoms with Gasteiger partial charge in [-0.2, -0.15) is 5.10 Å². The molecule has 1 aliphatic heterocycles. The smallest absolute Gasteiger partial charge is 0.199 e. The fourth-order valence-corrected chi connectivity index (χ4v) is 3.47. The third-order valence-electron chi connectivity index (χ3n) is 4.71. The Kier molecular flexibility index (Phi) is 5.52. The second-order valence-corrected chi connectivity index (χ2v) is 7.25. The number of halogens is 1. The molecule has 0 N–H and O–H groups in total. The molecular formula is C18H24FN5OS. The molecule has 2 aromatic rings. The summed E-state index contributed by atoms with van der Waals surface area (Å²) in [6, 6.07) is 4.99. The van der Waals surface area contributed by atoms with Crippen molar-refractivity contribution in [2.45, 2.75) is 33.5 Å². The van der Waals surface area contributed by atoms with Crippen molar-refractivity contribution >= 4 is 23.7 Å². The third kappa shape index (κ3) is 3.86. The van der Waals surface area contributed by atoms with E-state index in [4.69, 9.17) is 12.2 Å². The number of carbonyl (C=O) groups is 1. The Balaban J connectivity index is 1.63. The van der Waals surface area contributed by atoms with Gasteiger partial charge in [0.1, 0.15) is 12.1 Å². The van der Waals surface area contributed by atoms with E-state index in [1.807, 2.05) is 14.1 Å². The fraction of sp³-hybridized carbons (Fsp3) is 0.500. The average Bonchev–Trinajstić information content (AvgIpc) is 2.96. The highest BCUT2D eigenvalue weighted by atomic mass is 32.1. The van der Waals surface area contributed by atoms with Gasteiger partial charge in [0, 0.05) is 37.8 Å². The van der Waals surface area contributed by atoms with Crippen molar-refractivity contribution < 1.29 is 9.18 Å². The molecule has 8 heteroatoms. The lowest BCUT2D eigenvalue weighted by Crippen LogP contribution is -2.47. The minimum Gasteiger partial charge on any atom is -0.367 e. The van der Waals surface area contributed by atoms with Gasteiger partial charge in [-0.25, -0.2) is 9.07 Å². The number of benzene rings is 1. The highest BCUT2D eigenvalue weighted by Crippen LogP contribution is 2.22. The SMILES string of the molecule is CC(=O)c1ccc(N2CCN(Cn3ncn(C(C)C)c3=S)CC2)c(F)c1. The van der Waals surface area contributed by atoms with Gasteiger partial charge in [0.15, 0.2) is 10.6 Å². The summed E-state index contributed by atoms with van der Waals surface area (Å²) in [5.74, 6) is -0.470. The van der Waals surface area contributed by atoms with Crippen LogP contribution in [-0.2, 0) is 6.67 Å². The van der Waals surface area contributed by atoms with Crippen LogP contribution in [0.5, 0.6) is 0 Å². The van der Waals surface area contributed by atoms with E-state index < -0.39 is 0 Å². The van der Waals surface area contributed by atoms with Crippen molar-refractivity contribution in [3.05, 3.63) is 40.7 Å². The predicted molar refractivity (Wildman–Crippen MR) is 102 cm³/mol. The third-order valence-corrected chi connectivity index (χ3v) is 5.14. The van der Waals surface area contributed by atoms with Crippen molar-refractivity contribution in [2.75, 3.05) is 31.1 Å². The van der Waals surface area contributed by atoms with E-state index in [0.717, 1.165) is 13.1 Å². The maximum Gasteiger partial charge on any atom is 0.199 e. The normalized spacial score (nSPS) is 15.7. The lowest BCUT2D eigenvalue weighted by atomic mass is 10.1. The standard InChI is InChI=1S/C18H24FN5OS/c1-13(2)23-11-20-24(18(23)26)12-21-6-8-22(9-7-21)17-5-4-15(14(3)25)10-16(17)19/h4-5,10-11,13H,6-9,12H2,1-3H3. The van der Waals surface area contributed by atoms with Gasteiger partial charge >= 0.3 is 0 Å². The highest BCUT2D eigenvalue weighted by Gasteiger charge is 2.21. The number of nitrogens with zero attached hydrogens (tertiary/aromatic N) is 5. The maximum atomic E-state index is 14.3. The number of Topliss-reactive ketones (excluding diaryl/α,β-unsaturated/α-hetero) is 1. The molecule has 1 fully saturated rings. The number of carbonyl (C=O) groups excluding carboxylic acids is 1. The van der Waals surface area contributed by atoms with Crippen molar-refractivity contribution in [3.63, 3.8) is 0 Å². The van der Waals surface area contributed by atoms with E-state index in [2.05, 4.69) is 23.8 Å². The molecule has 26 heavy (non-hydrogen) atoms. The minimum atomic E-state index is -0.343. The summed E-state index contributed by atoms with van der Waals surface area (Å²) in [4.78, 5) is 15.6. The molecule has 1 saturated heterocycles. The van der Waals surface area contributed by atoms with Crippen LogP contribution in [0, 0.1) is 10.6 Å². The van der Waals surface area contributed by atoms with E-state index in [9.17, 15) is 9.18 Å². The van der Waals surface area contributed by atoms with Crippen molar-refractivity contribution in [3.8, 4) is 0 Å². The van der Waals surface area contributed by atoms with Gasteiger partial charge in [-0.1, -0.05) is 0 Å². The number of ketones is 1. The van der Waals surface area contributed by atoms with Gasteiger partial charge in [0.25, 0.3) is 0 Å². The number of rotatable bonds is 5. The van der Waals surface area contributed by atoms with Crippen LogP contribution in [0.3, 0.4) is 0 Å². The van der Waals surface area contributed by atoms with Crippen molar-refractivity contribution in [1.82, 2.24) is 19.2 Å². The van der Waals surface area contributed by atoms with Gasteiger partial charge < -0.3 is 9.47 Å². The Morgan fingerprint density at radius 2 is 1.96 bits per heavy atom. The van der Waals surface area contributed by atoms with Crippen LogP contribution in [0.4, 0.5) is 10.1 Å². The first kappa shape index (κ1) is 18.7. The summed E-state index contributed by atoms with van der Waals surface area (Å²) >= 11 is 5.47. The van der Waals surface area contributed by atoms with E-state index >= 15 is 0 Å². The fourth-order valence-electron chi connectivity index (χ4n) is 3.10. The van der Waals surface area contributed by atoms with Gasteiger partial charge in [0.05, 0.1) is 12.4 Å². The zero-order valence-electron chi connectivity index (χ0n) is 15.4. The summed E-state index contributed by atoms with van der Waals surface area (Å²) in [6.45, 7) is 9.26. The number of anilines is 1. The van der Waals surface area contributed by atoms with Crippen molar-refractivity contribution in [2.24, 2.45) is 0 Å². The molecule has 0 bridgehead atoms. The van der Waals surface area contributed by atoms with E-state index in [-0.39, 0.29) is 17.6 Å². The Morgan fingerprint density at radius 1 is 1.27 bits per heavy atom. The molecule has 1 aromatic heterocycles. The van der Waals surface area contributed by atoms with Gasteiger partial charge in [-0.05, 0) is 51.2 Å². The van der Waals surface area contributed by atoms with Gasteiger partial charge in [0.2, 0.25) is 0 Å². The lowest BCUT2D eigenvalue weighted by molar-refractivity contribution is 0.101. The zero-order chi connectivity index (χ0) is 18.8. The first-order chi connectivity index (χ1) is 12.4. The molecule has 1 aliphatic rings. The number of aromatic nitrogens is 3. The first-order valence-corrected chi connectivity index (χ1v) is 9.19. The van der Waals surface area contributed by atoms with Crippen LogP contribution >= 0.6 is 12.2 Å². The Hall–Kier alpha value is -2.06. The molecule has 0 aliphatic carbocycles. The summed E-state index contributed by atoms with van der Waals surface area (Å²) in [6.07, 6.45) is 1.77.